The molecule has 1 saturated carbocycles. The lowest BCUT2D eigenvalue weighted by Crippen LogP contribution is -2.35. The Kier molecular flexibility index (Phi) is 2.33. The Bertz CT molecular complexity index is 212. The monoisotopic (exact) mass is 182 g/mol. The zero-order valence-corrected chi connectivity index (χ0v) is 8.25. The summed E-state index contributed by atoms with van der Waals surface area (Å²) in [5, 5.41) is 10.3. The fourth-order valence-corrected chi connectivity index (χ4v) is 2.46. The van der Waals surface area contributed by atoms with E-state index in [1.165, 1.54) is 12.8 Å². The summed E-state index contributed by atoms with van der Waals surface area (Å²) >= 11 is 0. The molecule has 1 fully saturated rings. The Morgan fingerprint density at radius 2 is 2.15 bits per heavy atom. The number of hydrogen-bond donors (Lipinski definition) is 1. The van der Waals surface area contributed by atoms with Crippen molar-refractivity contribution in [2.24, 2.45) is 5.92 Å². The van der Waals surface area contributed by atoms with Gasteiger partial charge in [0.05, 0.1) is 6.61 Å². The van der Waals surface area contributed by atoms with E-state index < -0.39 is 5.60 Å². The lowest BCUT2D eigenvalue weighted by atomic mass is 9.86. The Morgan fingerprint density at radius 3 is 2.69 bits per heavy atom. The first-order valence-electron chi connectivity index (χ1n) is 5.27. The Morgan fingerprint density at radius 1 is 1.46 bits per heavy atom. The number of rotatable bonds is 2. The SMILES string of the molecule is CC(O)(C1=CCCO1)C1CCCC1. The summed E-state index contributed by atoms with van der Waals surface area (Å²) in [7, 11) is 0. The van der Waals surface area contributed by atoms with Crippen molar-refractivity contribution in [2.45, 2.75) is 44.6 Å². The Labute approximate surface area is 79.6 Å². The molecule has 2 nitrogen and oxygen atoms in total. The first kappa shape index (κ1) is 9.07. The van der Waals surface area contributed by atoms with Crippen molar-refractivity contribution >= 4 is 0 Å². The molecule has 0 amide bonds. The van der Waals surface area contributed by atoms with Crippen molar-refractivity contribution in [2.75, 3.05) is 6.61 Å². The van der Waals surface area contributed by atoms with Gasteiger partial charge in [-0.3, -0.25) is 0 Å². The molecule has 1 aliphatic carbocycles. The summed E-state index contributed by atoms with van der Waals surface area (Å²) in [4.78, 5) is 0. The largest absolute Gasteiger partial charge is 0.495 e. The van der Waals surface area contributed by atoms with E-state index in [9.17, 15) is 5.11 Å². The highest BCUT2D eigenvalue weighted by Crippen LogP contribution is 2.39. The van der Waals surface area contributed by atoms with E-state index >= 15 is 0 Å². The molecule has 0 saturated heterocycles. The molecule has 0 aromatic heterocycles. The number of hydrogen-bond acceptors (Lipinski definition) is 2. The van der Waals surface area contributed by atoms with Crippen LogP contribution in [-0.2, 0) is 4.74 Å². The molecule has 13 heavy (non-hydrogen) atoms. The molecule has 2 aliphatic rings. The average Bonchev–Trinajstić information content (AvgIpc) is 2.78. The minimum atomic E-state index is -0.701. The predicted octanol–water partition coefficient (Wildman–Crippen LogP) is 2.23. The average molecular weight is 182 g/mol. The molecule has 0 aromatic carbocycles. The molecule has 74 valence electrons. The zero-order chi connectivity index (χ0) is 9.31. The molecule has 1 atom stereocenters. The van der Waals surface area contributed by atoms with Crippen LogP contribution in [0.3, 0.4) is 0 Å². The standard InChI is InChI=1S/C11H18O2/c1-11(12,9-5-2-3-6-9)10-7-4-8-13-10/h7,9,12H,2-6,8H2,1H3. The highest BCUT2D eigenvalue weighted by Gasteiger charge is 2.39. The van der Waals surface area contributed by atoms with Gasteiger partial charge in [0.2, 0.25) is 0 Å². The molecule has 0 bridgehead atoms. The molecule has 0 radical (unpaired) electrons. The van der Waals surface area contributed by atoms with E-state index in [4.69, 9.17) is 4.74 Å². The fourth-order valence-electron chi connectivity index (χ4n) is 2.46. The zero-order valence-electron chi connectivity index (χ0n) is 8.25. The molecule has 0 spiro atoms. The molecule has 1 aliphatic heterocycles. The van der Waals surface area contributed by atoms with Crippen LogP contribution in [0.5, 0.6) is 0 Å². The minimum Gasteiger partial charge on any atom is -0.495 e. The van der Waals surface area contributed by atoms with Crippen LogP contribution < -0.4 is 0 Å². The van der Waals surface area contributed by atoms with Crippen LogP contribution in [0.4, 0.5) is 0 Å². The first-order valence-corrected chi connectivity index (χ1v) is 5.27. The molecular formula is C11H18O2. The van der Waals surface area contributed by atoms with Gasteiger partial charge >= 0.3 is 0 Å². The smallest absolute Gasteiger partial charge is 0.124 e. The topological polar surface area (TPSA) is 29.5 Å². The quantitative estimate of drug-likeness (QED) is 0.709. The van der Waals surface area contributed by atoms with Gasteiger partial charge in [-0.1, -0.05) is 12.8 Å². The van der Waals surface area contributed by atoms with Crippen molar-refractivity contribution in [1.82, 2.24) is 0 Å². The summed E-state index contributed by atoms with van der Waals surface area (Å²) in [6, 6.07) is 0. The first-order chi connectivity index (χ1) is 6.21. The third-order valence-corrected chi connectivity index (χ3v) is 3.35. The molecule has 1 N–H and O–H groups in total. The van der Waals surface area contributed by atoms with Crippen molar-refractivity contribution in [1.29, 1.82) is 0 Å². The van der Waals surface area contributed by atoms with Gasteiger partial charge in [-0.25, -0.2) is 0 Å². The molecule has 2 heteroatoms. The lowest BCUT2D eigenvalue weighted by molar-refractivity contribution is -0.0119. The summed E-state index contributed by atoms with van der Waals surface area (Å²) in [6.45, 7) is 2.65. The van der Waals surface area contributed by atoms with E-state index in [1.54, 1.807) is 0 Å². The van der Waals surface area contributed by atoms with Crippen LogP contribution in [0.1, 0.15) is 39.0 Å². The maximum atomic E-state index is 10.3. The van der Waals surface area contributed by atoms with Crippen LogP contribution in [0.25, 0.3) is 0 Å². The summed E-state index contributed by atoms with van der Waals surface area (Å²) in [5.41, 5.74) is -0.701. The Balaban J connectivity index is 2.08. The van der Waals surface area contributed by atoms with E-state index in [1.807, 2.05) is 13.0 Å². The summed E-state index contributed by atoms with van der Waals surface area (Å²) in [5.74, 6) is 1.23. The van der Waals surface area contributed by atoms with Gasteiger partial charge in [-0.05, 0) is 31.8 Å². The highest BCUT2D eigenvalue weighted by molar-refractivity contribution is 5.14. The minimum absolute atomic E-state index is 0.414. The van der Waals surface area contributed by atoms with Gasteiger partial charge in [-0.15, -0.1) is 0 Å². The van der Waals surface area contributed by atoms with Crippen LogP contribution in [-0.4, -0.2) is 17.3 Å². The van der Waals surface area contributed by atoms with E-state index in [0.29, 0.717) is 5.92 Å². The van der Waals surface area contributed by atoms with Crippen molar-refractivity contribution in [3.63, 3.8) is 0 Å². The molecule has 1 unspecified atom stereocenters. The highest BCUT2D eigenvalue weighted by atomic mass is 16.5. The second kappa shape index (κ2) is 3.33. The van der Waals surface area contributed by atoms with Gasteiger partial charge in [0.15, 0.2) is 0 Å². The van der Waals surface area contributed by atoms with Gasteiger partial charge in [0, 0.05) is 6.42 Å². The van der Waals surface area contributed by atoms with Crippen LogP contribution in [0, 0.1) is 5.92 Å². The third kappa shape index (κ3) is 1.60. The fraction of sp³-hybridized carbons (Fsp3) is 0.818. The van der Waals surface area contributed by atoms with Gasteiger partial charge in [0.25, 0.3) is 0 Å². The van der Waals surface area contributed by atoms with Gasteiger partial charge in [-0.2, -0.15) is 0 Å². The van der Waals surface area contributed by atoms with Gasteiger partial charge in [0.1, 0.15) is 11.4 Å². The molecule has 1 heterocycles. The number of ether oxygens (including phenoxy) is 1. The van der Waals surface area contributed by atoms with Crippen LogP contribution >= 0.6 is 0 Å². The lowest BCUT2D eigenvalue weighted by Gasteiger charge is -2.30. The molecule has 0 aromatic rings. The van der Waals surface area contributed by atoms with Crippen LogP contribution in [0.2, 0.25) is 0 Å². The van der Waals surface area contributed by atoms with Crippen molar-refractivity contribution in [3.05, 3.63) is 11.8 Å². The van der Waals surface area contributed by atoms with E-state index in [0.717, 1.165) is 31.6 Å². The number of aliphatic hydroxyl groups is 1. The molecule has 2 rings (SSSR count). The maximum absolute atomic E-state index is 10.3. The molecular weight excluding hydrogens is 164 g/mol. The third-order valence-electron chi connectivity index (χ3n) is 3.35. The van der Waals surface area contributed by atoms with E-state index in [2.05, 4.69) is 0 Å². The van der Waals surface area contributed by atoms with Gasteiger partial charge < -0.3 is 9.84 Å². The normalized spacial score (nSPS) is 28.3. The van der Waals surface area contributed by atoms with Crippen LogP contribution in [0.15, 0.2) is 11.8 Å². The maximum Gasteiger partial charge on any atom is 0.124 e. The second-order valence-corrected chi connectivity index (χ2v) is 4.33. The van der Waals surface area contributed by atoms with Crippen molar-refractivity contribution in [3.8, 4) is 0 Å². The predicted molar refractivity (Wildman–Crippen MR) is 51.2 cm³/mol. The van der Waals surface area contributed by atoms with Crippen molar-refractivity contribution < 1.29 is 9.84 Å². The van der Waals surface area contributed by atoms with E-state index in [-0.39, 0.29) is 0 Å². The second-order valence-electron chi connectivity index (χ2n) is 4.33. The summed E-state index contributed by atoms with van der Waals surface area (Å²) in [6.07, 6.45) is 7.81. The summed E-state index contributed by atoms with van der Waals surface area (Å²) < 4.78 is 5.44. The Hall–Kier alpha value is -0.500.